The van der Waals surface area contributed by atoms with Gasteiger partial charge in [-0.15, -0.1) is 11.3 Å². The molecule has 0 radical (unpaired) electrons. The Hall–Kier alpha value is -1.47. The predicted octanol–water partition coefficient (Wildman–Crippen LogP) is 3.95. The molecule has 2 heterocycles. The van der Waals surface area contributed by atoms with Crippen LogP contribution in [0.1, 0.15) is 40.5 Å². The number of aromatic nitrogens is 2. The van der Waals surface area contributed by atoms with Crippen molar-refractivity contribution in [3.8, 4) is 0 Å². The van der Waals surface area contributed by atoms with Crippen LogP contribution in [0.4, 0.5) is 13.2 Å². The fraction of sp³-hybridized carbons (Fsp3) is 0.429. The zero-order chi connectivity index (χ0) is 15.5. The molecule has 0 saturated carbocycles. The summed E-state index contributed by atoms with van der Waals surface area (Å²) in [7, 11) is 0. The van der Waals surface area contributed by atoms with E-state index in [1.165, 1.54) is 6.20 Å². The lowest BCUT2D eigenvalue weighted by Crippen LogP contribution is -2.22. The Morgan fingerprint density at radius 2 is 2.10 bits per heavy atom. The van der Waals surface area contributed by atoms with Crippen molar-refractivity contribution >= 4 is 11.3 Å². The Bertz CT molecular complexity index is 595. The Kier molecular flexibility index (Phi) is 4.95. The molecular formula is C14H16F3N3S. The summed E-state index contributed by atoms with van der Waals surface area (Å²) in [6.45, 7) is 4.58. The van der Waals surface area contributed by atoms with Gasteiger partial charge in [0.15, 0.2) is 5.01 Å². The average Bonchev–Trinajstić information content (AvgIpc) is 2.89. The van der Waals surface area contributed by atoms with E-state index in [0.29, 0.717) is 22.8 Å². The molecule has 0 aliphatic carbocycles. The monoisotopic (exact) mass is 315 g/mol. The van der Waals surface area contributed by atoms with Crippen LogP contribution in [0.25, 0.3) is 0 Å². The van der Waals surface area contributed by atoms with Gasteiger partial charge in [0.1, 0.15) is 0 Å². The SMILES string of the molecule is CCCNC(c1ccnc(C)c1)c1cnc(C(F)(F)F)s1. The van der Waals surface area contributed by atoms with E-state index < -0.39 is 11.2 Å². The van der Waals surface area contributed by atoms with E-state index in [1.807, 2.05) is 26.0 Å². The van der Waals surface area contributed by atoms with E-state index in [0.717, 1.165) is 17.7 Å². The Labute approximate surface area is 125 Å². The van der Waals surface area contributed by atoms with Gasteiger partial charge < -0.3 is 5.32 Å². The summed E-state index contributed by atoms with van der Waals surface area (Å²) in [5.41, 5.74) is 1.73. The van der Waals surface area contributed by atoms with Crippen molar-refractivity contribution in [3.63, 3.8) is 0 Å². The zero-order valence-corrected chi connectivity index (χ0v) is 12.6. The Balaban J connectivity index is 2.34. The number of rotatable bonds is 5. The topological polar surface area (TPSA) is 37.8 Å². The fourth-order valence-corrected chi connectivity index (χ4v) is 2.86. The molecule has 114 valence electrons. The Morgan fingerprint density at radius 3 is 2.67 bits per heavy atom. The van der Waals surface area contributed by atoms with E-state index in [-0.39, 0.29) is 6.04 Å². The van der Waals surface area contributed by atoms with Crippen molar-refractivity contribution < 1.29 is 13.2 Å². The summed E-state index contributed by atoms with van der Waals surface area (Å²) in [6, 6.07) is 3.40. The van der Waals surface area contributed by atoms with Crippen LogP contribution in [0.15, 0.2) is 24.5 Å². The van der Waals surface area contributed by atoms with Crippen LogP contribution < -0.4 is 5.32 Å². The highest BCUT2D eigenvalue weighted by molar-refractivity contribution is 7.11. The summed E-state index contributed by atoms with van der Waals surface area (Å²) >= 11 is 0.680. The van der Waals surface area contributed by atoms with Gasteiger partial charge in [-0.2, -0.15) is 13.2 Å². The van der Waals surface area contributed by atoms with Gasteiger partial charge in [-0.25, -0.2) is 4.98 Å². The first-order valence-electron chi connectivity index (χ1n) is 6.60. The zero-order valence-electron chi connectivity index (χ0n) is 11.7. The van der Waals surface area contributed by atoms with Gasteiger partial charge in [-0.05, 0) is 37.6 Å². The number of hydrogen-bond acceptors (Lipinski definition) is 4. The summed E-state index contributed by atoms with van der Waals surface area (Å²) in [6.07, 6.45) is -0.536. The van der Waals surface area contributed by atoms with Crippen LogP contribution in [0.5, 0.6) is 0 Å². The molecule has 2 rings (SSSR count). The molecule has 1 unspecified atom stereocenters. The van der Waals surface area contributed by atoms with Gasteiger partial charge in [0.05, 0.1) is 6.04 Å². The standard InChI is InChI=1S/C14H16F3N3S/c1-3-5-19-12(10-4-6-18-9(2)7-10)11-8-20-13(21-11)14(15,16)17/h4,6-8,12,19H,3,5H2,1-2H3. The molecule has 0 aromatic carbocycles. The first-order chi connectivity index (χ1) is 9.91. The van der Waals surface area contributed by atoms with Crippen LogP contribution in [0, 0.1) is 6.92 Å². The van der Waals surface area contributed by atoms with Gasteiger partial charge in [0, 0.05) is 23.0 Å². The van der Waals surface area contributed by atoms with E-state index in [4.69, 9.17) is 0 Å². The molecule has 2 aromatic heterocycles. The van der Waals surface area contributed by atoms with Crippen LogP contribution in [-0.2, 0) is 6.18 Å². The third-order valence-corrected chi connectivity index (χ3v) is 4.01. The molecule has 0 aliphatic rings. The second-order valence-electron chi connectivity index (χ2n) is 4.68. The van der Waals surface area contributed by atoms with Crippen molar-refractivity contribution in [1.82, 2.24) is 15.3 Å². The van der Waals surface area contributed by atoms with Gasteiger partial charge in [-0.1, -0.05) is 6.92 Å². The third-order valence-electron chi connectivity index (χ3n) is 2.90. The first kappa shape index (κ1) is 15.9. The van der Waals surface area contributed by atoms with Crippen LogP contribution in [-0.4, -0.2) is 16.5 Å². The quantitative estimate of drug-likeness (QED) is 0.907. The highest BCUT2D eigenvalue weighted by Gasteiger charge is 2.35. The van der Waals surface area contributed by atoms with Crippen molar-refractivity contribution in [1.29, 1.82) is 0 Å². The van der Waals surface area contributed by atoms with Crippen molar-refractivity contribution in [2.45, 2.75) is 32.5 Å². The molecular weight excluding hydrogens is 299 g/mol. The number of aryl methyl sites for hydroxylation is 1. The molecule has 0 fully saturated rings. The van der Waals surface area contributed by atoms with E-state index in [9.17, 15) is 13.2 Å². The minimum atomic E-state index is -4.40. The molecule has 0 amide bonds. The van der Waals surface area contributed by atoms with Crippen molar-refractivity contribution in [2.75, 3.05) is 6.54 Å². The van der Waals surface area contributed by atoms with E-state index >= 15 is 0 Å². The number of halogens is 3. The van der Waals surface area contributed by atoms with Gasteiger partial charge in [0.2, 0.25) is 0 Å². The molecule has 0 saturated heterocycles. The second-order valence-corrected chi connectivity index (χ2v) is 5.75. The number of thiazole rings is 1. The lowest BCUT2D eigenvalue weighted by atomic mass is 10.1. The minimum absolute atomic E-state index is 0.291. The molecule has 0 bridgehead atoms. The fourth-order valence-electron chi connectivity index (χ4n) is 1.97. The first-order valence-corrected chi connectivity index (χ1v) is 7.42. The van der Waals surface area contributed by atoms with Crippen LogP contribution in [0.3, 0.4) is 0 Å². The van der Waals surface area contributed by atoms with Crippen LogP contribution >= 0.6 is 11.3 Å². The van der Waals surface area contributed by atoms with Crippen molar-refractivity contribution in [3.05, 3.63) is 45.7 Å². The molecule has 21 heavy (non-hydrogen) atoms. The normalized spacial score (nSPS) is 13.4. The number of pyridine rings is 1. The number of hydrogen-bond donors (Lipinski definition) is 1. The molecule has 1 atom stereocenters. The molecule has 7 heteroatoms. The lowest BCUT2D eigenvalue weighted by molar-refractivity contribution is -0.137. The number of nitrogens with zero attached hydrogens (tertiary/aromatic N) is 2. The molecule has 0 aliphatic heterocycles. The predicted molar refractivity (Wildman–Crippen MR) is 76.2 cm³/mol. The van der Waals surface area contributed by atoms with Crippen molar-refractivity contribution in [2.24, 2.45) is 0 Å². The highest BCUT2D eigenvalue weighted by atomic mass is 32.1. The van der Waals surface area contributed by atoms with Gasteiger partial charge >= 0.3 is 6.18 Å². The summed E-state index contributed by atoms with van der Waals surface area (Å²) in [4.78, 5) is 8.18. The molecule has 1 N–H and O–H groups in total. The summed E-state index contributed by atoms with van der Waals surface area (Å²) in [5.74, 6) is 0. The smallest absolute Gasteiger partial charge is 0.306 e. The largest absolute Gasteiger partial charge is 0.443 e. The summed E-state index contributed by atoms with van der Waals surface area (Å²) < 4.78 is 38.1. The maximum absolute atomic E-state index is 12.7. The molecule has 0 spiro atoms. The Morgan fingerprint density at radius 1 is 1.33 bits per heavy atom. The third kappa shape index (κ3) is 4.01. The number of nitrogens with one attached hydrogen (secondary N) is 1. The molecule has 3 nitrogen and oxygen atoms in total. The van der Waals surface area contributed by atoms with Gasteiger partial charge in [-0.3, -0.25) is 4.98 Å². The van der Waals surface area contributed by atoms with Crippen LogP contribution in [0.2, 0.25) is 0 Å². The van der Waals surface area contributed by atoms with Gasteiger partial charge in [0.25, 0.3) is 0 Å². The second kappa shape index (κ2) is 6.53. The molecule has 2 aromatic rings. The summed E-state index contributed by atoms with van der Waals surface area (Å²) in [5, 5.41) is 2.46. The average molecular weight is 315 g/mol. The maximum Gasteiger partial charge on any atom is 0.443 e. The van der Waals surface area contributed by atoms with E-state index in [1.54, 1.807) is 6.20 Å². The lowest BCUT2D eigenvalue weighted by Gasteiger charge is -2.17. The highest BCUT2D eigenvalue weighted by Crippen LogP contribution is 2.36. The minimum Gasteiger partial charge on any atom is -0.306 e. The van der Waals surface area contributed by atoms with E-state index in [2.05, 4.69) is 15.3 Å². The number of alkyl halides is 3. The maximum atomic E-state index is 12.7.